The Balaban J connectivity index is 1.78. The molecule has 126 valence electrons. The Morgan fingerprint density at radius 1 is 1.50 bits per heavy atom. The van der Waals surface area contributed by atoms with Gasteiger partial charge in [0.1, 0.15) is 27.8 Å². The molecule has 7 nitrogen and oxygen atoms in total. The Morgan fingerprint density at radius 2 is 2.29 bits per heavy atom. The molecule has 1 aliphatic rings. The van der Waals surface area contributed by atoms with E-state index in [9.17, 15) is 9.59 Å². The average molecular weight is 367 g/mol. The number of anilines is 2. The topological polar surface area (TPSA) is 84.4 Å². The molecule has 0 radical (unpaired) electrons. The predicted molar refractivity (Wildman–Crippen MR) is 91.8 cm³/mol. The molecule has 2 aromatic heterocycles. The summed E-state index contributed by atoms with van der Waals surface area (Å²) in [5.74, 6) is 0.467. The third-order valence-corrected chi connectivity index (χ3v) is 4.76. The number of carbonyl (C=O) groups is 2. The number of nitrogens with zero attached hydrogens (tertiary/aromatic N) is 3. The molecule has 24 heavy (non-hydrogen) atoms. The number of esters is 1. The highest BCUT2D eigenvalue weighted by Crippen LogP contribution is 2.32. The lowest BCUT2D eigenvalue weighted by Gasteiger charge is -2.17. The van der Waals surface area contributed by atoms with Crippen LogP contribution in [-0.4, -0.2) is 41.5 Å². The van der Waals surface area contributed by atoms with Crippen LogP contribution in [0.15, 0.2) is 17.5 Å². The summed E-state index contributed by atoms with van der Waals surface area (Å²) >= 11 is 7.25. The van der Waals surface area contributed by atoms with E-state index in [0.29, 0.717) is 40.3 Å². The molecule has 1 aliphatic heterocycles. The van der Waals surface area contributed by atoms with Crippen LogP contribution in [0.1, 0.15) is 22.6 Å². The molecule has 0 aliphatic carbocycles. The minimum Gasteiger partial charge on any atom is -0.465 e. The first-order valence-electron chi connectivity index (χ1n) is 7.24. The predicted octanol–water partition coefficient (Wildman–Crippen LogP) is 2.50. The van der Waals surface area contributed by atoms with Crippen LogP contribution in [0.2, 0.25) is 5.15 Å². The smallest absolute Gasteiger partial charge is 0.340 e. The second kappa shape index (κ2) is 6.74. The summed E-state index contributed by atoms with van der Waals surface area (Å²) in [4.78, 5) is 34.3. The van der Waals surface area contributed by atoms with Crippen LogP contribution in [0.4, 0.5) is 10.8 Å². The molecule has 9 heteroatoms. The normalized spacial score (nSPS) is 17.2. The largest absolute Gasteiger partial charge is 0.465 e. The van der Waals surface area contributed by atoms with E-state index in [1.54, 1.807) is 29.3 Å². The first kappa shape index (κ1) is 16.7. The van der Waals surface area contributed by atoms with E-state index in [2.05, 4.69) is 15.3 Å². The van der Waals surface area contributed by atoms with Gasteiger partial charge in [-0.3, -0.25) is 4.79 Å². The lowest BCUT2D eigenvalue weighted by Crippen LogP contribution is -2.34. The summed E-state index contributed by atoms with van der Waals surface area (Å²) in [6.07, 6.45) is 0.595. The van der Waals surface area contributed by atoms with E-state index < -0.39 is 12.0 Å². The maximum atomic E-state index is 12.7. The van der Waals surface area contributed by atoms with E-state index >= 15 is 0 Å². The second-order valence-corrected chi connectivity index (χ2v) is 6.51. The van der Waals surface area contributed by atoms with Gasteiger partial charge in [0, 0.05) is 12.6 Å². The van der Waals surface area contributed by atoms with Crippen molar-refractivity contribution in [3.63, 3.8) is 0 Å². The van der Waals surface area contributed by atoms with Gasteiger partial charge < -0.3 is 15.0 Å². The van der Waals surface area contributed by atoms with Gasteiger partial charge in [-0.25, -0.2) is 14.8 Å². The fourth-order valence-electron chi connectivity index (χ4n) is 2.57. The number of carbonyl (C=O) groups excluding carboxylic acids is 2. The summed E-state index contributed by atoms with van der Waals surface area (Å²) in [6.45, 7) is 2.24. The lowest BCUT2D eigenvalue weighted by atomic mass is 10.2. The van der Waals surface area contributed by atoms with Crippen LogP contribution >= 0.6 is 22.9 Å². The first-order valence-corrected chi connectivity index (χ1v) is 8.50. The zero-order valence-electron chi connectivity index (χ0n) is 13.1. The van der Waals surface area contributed by atoms with Gasteiger partial charge >= 0.3 is 5.97 Å². The summed E-state index contributed by atoms with van der Waals surface area (Å²) in [5, 5.41) is 5.78. The van der Waals surface area contributed by atoms with E-state index in [0.717, 1.165) is 0 Å². The minimum atomic E-state index is -0.450. The van der Waals surface area contributed by atoms with Gasteiger partial charge in [-0.2, -0.15) is 0 Å². The van der Waals surface area contributed by atoms with E-state index in [1.165, 1.54) is 18.4 Å². The van der Waals surface area contributed by atoms with Gasteiger partial charge in [0.25, 0.3) is 0 Å². The molecule has 1 atom stereocenters. The number of thiophene rings is 1. The summed E-state index contributed by atoms with van der Waals surface area (Å²) < 4.78 is 4.76. The van der Waals surface area contributed by atoms with Crippen molar-refractivity contribution in [3.8, 4) is 0 Å². The van der Waals surface area contributed by atoms with Crippen LogP contribution in [0.5, 0.6) is 0 Å². The minimum absolute atomic E-state index is 0.116. The zero-order valence-corrected chi connectivity index (χ0v) is 14.6. The average Bonchev–Trinajstić information content (AvgIpc) is 3.13. The van der Waals surface area contributed by atoms with Gasteiger partial charge in [0.15, 0.2) is 0 Å². The van der Waals surface area contributed by atoms with Crippen LogP contribution < -0.4 is 10.2 Å². The highest BCUT2D eigenvalue weighted by molar-refractivity contribution is 7.14. The van der Waals surface area contributed by atoms with E-state index in [-0.39, 0.29) is 5.91 Å². The van der Waals surface area contributed by atoms with E-state index in [4.69, 9.17) is 16.3 Å². The van der Waals surface area contributed by atoms with Crippen molar-refractivity contribution in [1.29, 1.82) is 0 Å². The van der Waals surface area contributed by atoms with Gasteiger partial charge in [0.05, 0.1) is 12.7 Å². The molecule has 1 fully saturated rings. The summed E-state index contributed by atoms with van der Waals surface area (Å²) in [6, 6.07) is 2.81. The summed E-state index contributed by atoms with van der Waals surface area (Å²) in [7, 11) is 1.32. The highest BCUT2D eigenvalue weighted by atomic mass is 35.5. The third-order valence-electron chi connectivity index (χ3n) is 3.63. The quantitative estimate of drug-likeness (QED) is 0.661. The first-order chi connectivity index (χ1) is 11.5. The van der Waals surface area contributed by atoms with E-state index in [1.807, 2.05) is 0 Å². The molecule has 1 saturated heterocycles. The maximum Gasteiger partial charge on any atom is 0.340 e. The van der Waals surface area contributed by atoms with Gasteiger partial charge in [0.2, 0.25) is 5.91 Å². The van der Waals surface area contributed by atoms with Gasteiger partial charge in [-0.15, -0.1) is 11.3 Å². The molecule has 3 heterocycles. The Bertz CT molecular complexity index is 775. The zero-order chi connectivity index (χ0) is 17.3. The molecular weight excluding hydrogens is 352 g/mol. The van der Waals surface area contributed by atoms with Crippen LogP contribution in [-0.2, 0) is 9.53 Å². The van der Waals surface area contributed by atoms with Crippen molar-refractivity contribution in [1.82, 2.24) is 9.97 Å². The van der Waals surface area contributed by atoms with Crippen molar-refractivity contribution in [2.24, 2.45) is 0 Å². The Kier molecular flexibility index (Phi) is 4.68. The fourth-order valence-corrected chi connectivity index (χ4v) is 3.72. The number of rotatable bonds is 4. The molecule has 0 bridgehead atoms. The van der Waals surface area contributed by atoms with Gasteiger partial charge in [-0.05, 0) is 24.8 Å². The van der Waals surface area contributed by atoms with Crippen molar-refractivity contribution < 1.29 is 14.3 Å². The number of hydrogen-bond acceptors (Lipinski definition) is 7. The molecule has 1 amide bonds. The molecular formula is C15H15ClN4O3S. The molecule has 0 spiro atoms. The third kappa shape index (κ3) is 3.20. The maximum absolute atomic E-state index is 12.7. The fraction of sp³-hybridized carbons (Fsp3) is 0.333. The lowest BCUT2D eigenvalue weighted by molar-refractivity contribution is -0.117. The van der Waals surface area contributed by atoms with Gasteiger partial charge in [-0.1, -0.05) is 11.6 Å². The van der Waals surface area contributed by atoms with Crippen LogP contribution in [0.25, 0.3) is 0 Å². The Morgan fingerprint density at radius 3 is 3.00 bits per heavy atom. The molecule has 1 N–H and O–H groups in total. The monoisotopic (exact) mass is 366 g/mol. The molecule has 1 unspecified atom stereocenters. The summed E-state index contributed by atoms with van der Waals surface area (Å²) in [5.41, 5.74) is 0.400. The molecule has 2 aromatic rings. The number of aromatic nitrogens is 2. The van der Waals surface area contributed by atoms with Crippen molar-refractivity contribution >= 4 is 45.6 Å². The number of amides is 1. The van der Waals surface area contributed by atoms with Crippen LogP contribution in [0.3, 0.4) is 0 Å². The number of nitrogens with one attached hydrogen (secondary N) is 1. The Labute approximate surface area is 147 Å². The van der Waals surface area contributed by atoms with Crippen molar-refractivity contribution in [2.45, 2.75) is 19.4 Å². The SMILES string of the molecule is COC(=O)c1ccsc1N1CCC(Nc2cc(Cl)nc(C)n2)C1=O. The molecule has 0 aromatic carbocycles. The van der Waals surface area contributed by atoms with Crippen LogP contribution in [0, 0.1) is 6.92 Å². The van der Waals surface area contributed by atoms with Crippen molar-refractivity contribution in [2.75, 3.05) is 23.9 Å². The number of ether oxygens (including phenoxy) is 1. The molecule has 3 rings (SSSR count). The highest BCUT2D eigenvalue weighted by Gasteiger charge is 2.35. The number of hydrogen-bond donors (Lipinski definition) is 1. The molecule has 0 saturated carbocycles. The second-order valence-electron chi connectivity index (χ2n) is 5.23. The Hall–Kier alpha value is -2.19. The van der Waals surface area contributed by atoms with Crippen molar-refractivity contribution in [3.05, 3.63) is 34.1 Å². The number of methoxy groups -OCH3 is 1. The number of halogens is 1. The standard InChI is InChI=1S/C15H15ClN4O3S/c1-8-17-11(16)7-12(18-8)19-10-3-5-20(13(10)21)14-9(4-6-24-14)15(22)23-2/h4,6-7,10H,3,5H2,1-2H3,(H,17,18,19). The number of aryl methyl sites for hydroxylation is 1.